The van der Waals surface area contributed by atoms with Crippen molar-refractivity contribution in [2.45, 2.75) is 83.1 Å². The summed E-state index contributed by atoms with van der Waals surface area (Å²) in [7, 11) is 2.94. The third kappa shape index (κ3) is 9.10. The van der Waals surface area contributed by atoms with Gasteiger partial charge in [-0.05, 0) is 70.6 Å². The van der Waals surface area contributed by atoms with Crippen molar-refractivity contribution in [2.24, 2.45) is 0 Å². The van der Waals surface area contributed by atoms with Gasteiger partial charge in [0.25, 0.3) is 0 Å². The van der Waals surface area contributed by atoms with E-state index in [2.05, 4.69) is 0 Å². The molecule has 0 aliphatic carbocycles. The number of alkyl halides is 3. The van der Waals surface area contributed by atoms with Crippen molar-refractivity contribution >= 4 is 6.09 Å². The molecule has 0 bridgehead atoms. The molecule has 0 spiro atoms. The molecule has 1 N–H and O–H groups in total. The summed E-state index contributed by atoms with van der Waals surface area (Å²) < 4.78 is 68.1. The van der Waals surface area contributed by atoms with Gasteiger partial charge in [-0.2, -0.15) is 13.2 Å². The molecule has 11 heteroatoms. The van der Waals surface area contributed by atoms with E-state index in [1.54, 1.807) is 20.8 Å². The van der Waals surface area contributed by atoms with Crippen LogP contribution in [0.25, 0.3) is 0 Å². The Labute approximate surface area is 210 Å². The minimum Gasteiger partial charge on any atom is -0.507 e. The smallest absolute Gasteiger partial charge is 0.419 e. The number of halogens is 3. The molecule has 36 heavy (non-hydrogen) atoms. The van der Waals surface area contributed by atoms with E-state index in [1.165, 1.54) is 25.1 Å². The Hall–Kier alpha value is -2.08. The molecule has 2 atom stereocenters. The first-order valence-corrected chi connectivity index (χ1v) is 12.0. The van der Waals surface area contributed by atoms with Crippen molar-refractivity contribution in [3.05, 3.63) is 29.3 Å². The number of hydrogen-bond acceptors (Lipinski definition) is 7. The fraction of sp³-hybridized carbons (Fsp3) is 0.720. The average molecular weight is 522 g/mol. The highest BCUT2D eigenvalue weighted by Gasteiger charge is 2.41. The van der Waals surface area contributed by atoms with Crippen LogP contribution in [0.3, 0.4) is 0 Å². The van der Waals surface area contributed by atoms with Gasteiger partial charge >= 0.3 is 12.3 Å². The van der Waals surface area contributed by atoms with Crippen molar-refractivity contribution in [3.63, 3.8) is 0 Å². The fourth-order valence-corrected chi connectivity index (χ4v) is 3.86. The maximum absolute atomic E-state index is 13.3. The zero-order valence-corrected chi connectivity index (χ0v) is 21.7. The number of amides is 1. The van der Waals surface area contributed by atoms with Gasteiger partial charge < -0.3 is 28.8 Å². The van der Waals surface area contributed by atoms with E-state index in [-0.39, 0.29) is 39.0 Å². The number of rotatable bonds is 11. The van der Waals surface area contributed by atoms with E-state index in [4.69, 9.17) is 23.7 Å². The number of phenols is 1. The highest BCUT2D eigenvalue weighted by Crippen LogP contribution is 2.37. The molecule has 0 radical (unpaired) electrons. The third-order valence-corrected chi connectivity index (χ3v) is 5.83. The van der Waals surface area contributed by atoms with E-state index < -0.39 is 34.9 Å². The zero-order chi connectivity index (χ0) is 27.0. The Balaban J connectivity index is 2.29. The molecular weight excluding hydrogens is 483 g/mol. The van der Waals surface area contributed by atoms with Crippen LogP contribution in [-0.4, -0.2) is 67.9 Å². The van der Waals surface area contributed by atoms with Crippen LogP contribution in [0.15, 0.2) is 18.2 Å². The van der Waals surface area contributed by atoms with Gasteiger partial charge in [0.1, 0.15) is 18.1 Å². The average Bonchev–Trinajstić information content (AvgIpc) is 2.80. The van der Waals surface area contributed by atoms with Crippen LogP contribution in [-0.2, 0) is 36.3 Å². The lowest BCUT2D eigenvalue weighted by molar-refractivity contribution is -0.217. The molecule has 1 aromatic rings. The van der Waals surface area contributed by atoms with Crippen molar-refractivity contribution < 1.29 is 46.8 Å². The highest BCUT2D eigenvalue weighted by atomic mass is 19.4. The number of ether oxygens (including phenoxy) is 5. The van der Waals surface area contributed by atoms with Gasteiger partial charge in [-0.15, -0.1) is 0 Å². The summed E-state index contributed by atoms with van der Waals surface area (Å²) in [5.74, 6) is -0.847. The number of carbonyl (C=O) groups is 1. The quantitative estimate of drug-likeness (QED) is 0.387. The maximum Gasteiger partial charge on any atom is 0.419 e. The second-order valence-corrected chi connectivity index (χ2v) is 9.80. The summed E-state index contributed by atoms with van der Waals surface area (Å²) in [6, 6.07) is 3.32. The van der Waals surface area contributed by atoms with E-state index in [0.29, 0.717) is 12.2 Å². The first-order valence-electron chi connectivity index (χ1n) is 12.0. The Morgan fingerprint density at radius 2 is 1.92 bits per heavy atom. The topological polar surface area (TPSA) is 86.7 Å². The van der Waals surface area contributed by atoms with Gasteiger partial charge in [0.2, 0.25) is 0 Å². The predicted molar refractivity (Wildman–Crippen MR) is 125 cm³/mol. The Morgan fingerprint density at radius 1 is 1.19 bits per heavy atom. The Bertz CT molecular complexity index is 838. The van der Waals surface area contributed by atoms with Gasteiger partial charge in [0, 0.05) is 27.2 Å². The van der Waals surface area contributed by atoms with E-state index in [0.717, 1.165) is 31.4 Å². The number of aryl methyl sites for hydroxylation is 1. The molecular formula is C25H38F3NO7. The van der Waals surface area contributed by atoms with Crippen molar-refractivity contribution in [3.8, 4) is 5.75 Å². The fourth-order valence-electron chi connectivity index (χ4n) is 3.86. The summed E-state index contributed by atoms with van der Waals surface area (Å²) >= 11 is 0. The monoisotopic (exact) mass is 521 g/mol. The summed E-state index contributed by atoms with van der Waals surface area (Å²) in [6.07, 6.45) is -2.61. The van der Waals surface area contributed by atoms with Crippen LogP contribution >= 0.6 is 0 Å². The molecule has 2 unspecified atom stereocenters. The lowest BCUT2D eigenvalue weighted by atomic mass is 9.96. The summed E-state index contributed by atoms with van der Waals surface area (Å²) in [4.78, 5) is 14.3. The van der Waals surface area contributed by atoms with Gasteiger partial charge in [-0.3, -0.25) is 4.90 Å². The van der Waals surface area contributed by atoms with E-state index in [9.17, 15) is 23.1 Å². The van der Waals surface area contributed by atoms with Gasteiger partial charge in [-0.25, -0.2) is 4.79 Å². The number of benzene rings is 1. The van der Waals surface area contributed by atoms with Crippen molar-refractivity contribution in [1.29, 1.82) is 0 Å². The first kappa shape index (κ1) is 30.1. The minimum absolute atomic E-state index is 0.111. The van der Waals surface area contributed by atoms with Crippen LogP contribution in [0.5, 0.6) is 5.75 Å². The minimum atomic E-state index is -4.70. The molecule has 1 heterocycles. The van der Waals surface area contributed by atoms with Gasteiger partial charge in [0.05, 0.1) is 12.2 Å². The number of hydrogen-bond donors (Lipinski definition) is 1. The Morgan fingerprint density at radius 3 is 2.50 bits per heavy atom. The largest absolute Gasteiger partial charge is 0.507 e. The lowest BCUT2D eigenvalue weighted by Gasteiger charge is -2.42. The summed E-state index contributed by atoms with van der Waals surface area (Å²) in [5.41, 5.74) is -2.89. The summed E-state index contributed by atoms with van der Waals surface area (Å²) in [6.45, 7) is 5.80. The number of methoxy groups -OCH3 is 1. The van der Waals surface area contributed by atoms with E-state index in [1.807, 2.05) is 0 Å². The molecule has 1 amide bonds. The second-order valence-electron chi connectivity index (χ2n) is 9.80. The number of phenolic OH excluding ortho intramolecular Hbond substituents is 1. The molecule has 0 aromatic heterocycles. The molecule has 0 saturated carbocycles. The summed E-state index contributed by atoms with van der Waals surface area (Å²) in [5, 5.41) is 9.66. The zero-order valence-electron chi connectivity index (χ0n) is 21.7. The molecule has 1 fully saturated rings. The first-order chi connectivity index (χ1) is 16.8. The van der Waals surface area contributed by atoms with Crippen LogP contribution in [0, 0.1) is 0 Å². The lowest BCUT2D eigenvalue weighted by Crippen LogP contribution is -2.54. The predicted octanol–water partition coefficient (Wildman–Crippen LogP) is 5.46. The molecule has 1 saturated heterocycles. The molecule has 206 valence electrons. The highest BCUT2D eigenvalue weighted by molar-refractivity contribution is 5.68. The van der Waals surface area contributed by atoms with Gasteiger partial charge in [0.15, 0.2) is 12.0 Å². The molecule has 1 aliphatic heterocycles. The van der Waals surface area contributed by atoms with Crippen molar-refractivity contribution in [2.75, 3.05) is 34.2 Å². The number of aromatic hydroxyl groups is 1. The number of nitrogens with zero attached hydrogens (tertiary/aromatic N) is 1. The normalized spacial score (nSPS) is 18.5. The Kier molecular flexibility index (Phi) is 10.8. The van der Waals surface area contributed by atoms with Crippen LogP contribution in [0.4, 0.5) is 18.0 Å². The molecule has 1 aliphatic rings. The van der Waals surface area contributed by atoms with Crippen molar-refractivity contribution in [1.82, 2.24) is 4.90 Å². The second kappa shape index (κ2) is 12.9. The standard InChI is InChI=1S/C25H38F3NO7/c1-23(2,3)36-22(31)29(4)24(35-17-32-5,13-15-34-21-8-6-7-14-33-21)12-11-18-9-10-20(30)19(16-18)25(26,27)28/h9-10,16,21,30H,6-8,11-15,17H2,1-5H3. The number of carbonyl (C=O) groups excluding carboxylic acids is 1. The third-order valence-electron chi connectivity index (χ3n) is 5.83. The SMILES string of the molecule is COCOC(CCOC1CCCCO1)(CCc1ccc(O)c(C(F)(F)F)c1)N(C)C(=O)OC(C)(C)C. The van der Waals surface area contributed by atoms with Crippen LogP contribution in [0.2, 0.25) is 0 Å². The molecule has 2 rings (SSSR count). The molecule has 8 nitrogen and oxygen atoms in total. The maximum atomic E-state index is 13.3. The van der Waals surface area contributed by atoms with Crippen LogP contribution < -0.4 is 0 Å². The van der Waals surface area contributed by atoms with Gasteiger partial charge in [-0.1, -0.05) is 6.07 Å². The molecule has 1 aromatic carbocycles. The van der Waals surface area contributed by atoms with Crippen LogP contribution in [0.1, 0.15) is 64.0 Å². The van der Waals surface area contributed by atoms with E-state index >= 15 is 0 Å².